The van der Waals surface area contributed by atoms with E-state index in [0.717, 1.165) is 10.5 Å². The maximum absolute atomic E-state index is 13.9. The number of fused-ring (bicyclic) bond motifs is 3. The van der Waals surface area contributed by atoms with Crippen molar-refractivity contribution in [1.29, 1.82) is 0 Å². The van der Waals surface area contributed by atoms with Crippen LogP contribution in [0.15, 0.2) is 72.8 Å². The molecule has 0 radical (unpaired) electrons. The fraction of sp³-hybridized carbons (Fsp3) is 0.214. The van der Waals surface area contributed by atoms with E-state index >= 15 is 0 Å². The predicted molar refractivity (Wildman–Crippen MR) is 125 cm³/mol. The van der Waals surface area contributed by atoms with E-state index in [1.165, 1.54) is 7.11 Å². The lowest BCUT2D eigenvalue weighted by Crippen LogP contribution is -2.51. The minimum absolute atomic E-state index is 0.209. The molecule has 3 atom stereocenters. The van der Waals surface area contributed by atoms with E-state index < -0.39 is 46.9 Å². The van der Waals surface area contributed by atoms with Gasteiger partial charge >= 0.3 is 0 Å². The fourth-order valence-electron chi connectivity index (χ4n) is 5.58. The van der Waals surface area contributed by atoms with Crippen molar-refractivity contribution in [2.75, 3.05) is 12.0 Å². The van der Waals surface area contributed by atoms with Crippen LogP contribution >= 0.6 is 0 Å². The standard InChI is InChI=1S/C28H21NO6/c1-15-10-12-16(13-11-15)23-21-22(27(33)29(26(21)32)17-6-5-7-18(14-17)34-2)28(35-23)24(30)19-8-3-4-9-20(19)25(28)31/h3-14,21-23H,1-2H3/t21-,22+,23-/m0/s1. The molecular formula is C28H21NO6. The van der Waals surface area contributed by atoms with Crippen LogP contribution in [-0.4, -0.2) is 36.1 Å². The highest BCUT2D eigenvalue weighted by atomic mass is 16.5. The summed E-state index contributed by atoms with van der Waals surface area (Å²) in [5.41, 5.74) is 0.297. The Hall–Kier alpha value is -4.10. The normalized spacial score (nSPS) is 24.3. The molecule has 3 aromatic carbocycles. The Morgan fingerprint density at radius 3 is 2.11 bits per heavy atom. The number of hydrogen-bond donors (Lipinski definition) is 0. The summed E-state index contributed by atoms with van der Waals surface area (Å²) >= 11 is 0. The Kier molecular flexibility index (Phi) is 4.56. The number of carbonyl (C=O) groups excluding carboxylic acids is 4. The van der Waals surface area contributed by atoms with Crippen molar-refractivity contribution in [3.05, 3.63) is 95.1 Å². The largest absolute Gasteiger partial charge is 0.497 e. The number of aryl methyl sites for hydroxylation is 1. The van der Waals surface area contributed by atoms with Crippen molar-refractivity contribution in [2.45, 2.75) is 18.6 Å². The van der Waals surface area contributed by atoms with Gasteiger partial charge in [0.25, 0.3) is 0 Å². The molecule has 0 saturated carbocycles. The number of hydrogen-bond acceptors (Lipinski definition) is 6. The van der Waals surface area contributed by atoms with Crippen LogP contribution in [0.1, 0.15) is 37.9 Å². The van der Waals surface area contributed by atoms with Gasteiger partial charge in [0.2, 0.25) is 29.0 Å². The van der Waals surface area contributed by atoms with Crippen molar-refractivity contribution in [1.82, 2.24) is 0 Å². The molecule has 1 spiro atoms. The van der Waals surface area contributed by atoms with Crippen LogP contribution in [0.2, 0.25) is 0 Å². The van der Waals surface area contributed by atoms with Crippen molar-refractivity contribution in [3.63, 3.8) is 0 Å². The van der Waals surface area contributed by atoms with E-state index in [2.05, 4.69) is 0 Å². The maximum Gasteiger partial charge on any atom is 0.241 e. The van der Waals surface area contributed by atoms with Gasteiger partial charge in [-0.1, -0.05) is 60.2 Å². The molecule has 2 fully saturated rings. The van der Waals surface area contributed by atoms with Crippen molar-refractivity contribution in [3.8, 4) is 5.75 Å². The number of anilines is 1. The number of ether oxygens (including phenoxy) is 2. The van der Waals surface area contributed by atoms with Gasteiger partial charge in [-0.2, -0.15) is 0 Å². The Morgan fingerprint density at radius 1 is 0.829 bits per heavy atom. The van der Waals surface area contributed by atoms with Gasteiger partial charge in [0, 0.05) is 17.2 Å². The zero-order chi connectivity index (χ0) is 24.5. The molecule has 7 heteroatoms. The molecule has 35 heavy (non-hydrogen) atoms. The van der Waals surface area contributed by atoms with E-state index in [1.807, 2.05) is 19.1 Å². The first-order valence-corrected chi connectivity index (χ1v) is 11.3. The highest BCUT2D eigenvalue weighted by Gasteiger charge is 2.74. The molecule has 0 unspecified atom stereocenters. The second-order valence-electron chi connectivity index (χ2n) is 9.11. The van der Waals surface area contributed by atoms with Crippen molar-refractivity contribution < 1.29 is 28.7 Å². The number of methoxy groups -OCH3 is 1. The molecule has 6 rings (SSSR count). The summed E-state index contributed by atoms with van der Waals surface area (Å²) in [6.45, 7) is 1.93. The summed E-state index contributed by atoms with van der Waals surface area (Å²) in [4.78, 5) is 56.3. The van der Waals surface area contributed by atoms with Crippen LogP contribution in [0, 0.1) is 18.8 Å². The Bertz CT molecular complexity index is 1390. The number of nitrogens with zero attached hydrogens (tertiary/aromatic N) is 1. The molecule has 0 aromatic heterocycles. The van der Waals surface area contributed by atoms with E-state index in [1.54, 1.807) is 60.7 Å². The second-order valence-corrected chi connectivity index (χ2v) is 9.11. The summed E-state index contributed by atoms with van der Waals surface area (Å²) in [5.74, 6) is -4.11. The summed E-state index contributed by atoms with van der Waals surface area (Å²) in [5, 5.41) is 0. The second kappa shape index (κ2) is 7.45. The van der Waals surface area contributed by atoms with Crippen LogP contribution in [0.25, 0.3) is 0 Å². The monoisotopic (exact) mass is 467 g/mol. The molecular weight excluding hydrogens is 446 g/mol. The summed E-state index contributed by atoms with van der Waals surface area (Å²) in [7, 11) is 1.49. The van der Waals surface area contributed by atoms with Crippen LogP contribution in [-0.2, 0) is 14.3 Å². The Balaban J connectivity index is 1.54. The molecule has 0 N–H and O–H groups in total. The predicted octanol–water partition coefficient (Wildman–Crippen LogP) is 3.70. The van der Waals surface area contributed by atoms with Crippen LogP contribution < -0.4 is 9.64 Å². The molecule has 0 bridgehead atoms. The molecule has 7 nitrogen and oxygen atoms in total. The first-order chi connectivity index (χ1) is 16.9. The number of benzene rings is 3. The number of carbonyl (C=O) groups is 4. The minimum atomic E-state index is -2.08. The highest BCUT2D eigenvalue weighted by molar-refractivity contribution is 6.37. The van der Waals surface area contributed by atoms with Crippen molar-refractivity contribution in [2.24, 2.45) is 11.8 Å². The summed E-state index contributed by atoms with van der Waals surface area (Å²) < 4.78 is 11.6. The van der Waals surface area contributed by atoms with E-state index in [0.29, 0.717) is 17.0 Å². The van der Waals surface area contributed by atoms with E-state index in [-0.39, 0.29) is 11.1 Å². The van der Waals surface area contributed by atoms with Gasteiger partial charge in [-0.3, -0.25) is 19.2 Å². The third kappa shape index (κ3) is 2.76. The minimum Gasteiger partial charge on any atom is -0.497 e. The van der Waals surface area contributed by atoms with Crippen LogP contribution in [0.3, 0.4) is 0 Å². The smallest absolute Gasteiger partial charge is 0.241 e. The average Bonchev–Trinajstić information content (AvgIpc) is 3.44. The highest BCUT2D eigenvalue weighted by Crippen LogP contribution is 2.57. The van der Waals surface area contributed by atoms with E-state index in [4.69, 9.17) is 9.47 Å². The molecule has 3 aliphatic rings. The lowest BCUT2D eigenvalue weighted by atomic mass is 9.77. The van der Waals surface area contributed by atoms with Crippen LogP contribution in [0.5, 0.6) is 5.75 Å². The lowest BCUT2D eigenvalue weighted by Gasteiger charge is -2.27. The molecule has 2 amide bonds. The number of rotatable bonds is 3. The number of amides is 2. The molecule has 2 aliphatic heterocycles. The number of Topliss-reactive ketones (excluding diaryl/α,β-unsaturated/α-hetero) is 2. The molecule has 2 heterocycles. The lowest BCUT2D eigenvalue weighted by molar-refractivity contribution is -0.127. The SMILES string of the molecule is COc1cccc(N2C(=O)[C@@H]3[C@H](c4ccc(C)cc4)OC4(C(=O)c5ccccc5C4=O)[C@H]3C2=O)c1. The Morgan fingerprint density at radius 2 is 1.49 bits per heavy atom. The van der Waals surface area contributed by atoms with Gasteiger partial charge in [0.1, 0.15) is 5.75 Å². The molecule has 3 aromatic rings. The van der Waals surface area contributed by atoms with Gasteiger partial charge in [-0.15, -0.1) is 0 Å². The van der Waals surface area contributed by atoms with Crippen LogP contribution in [0.4, 0.5) is 5.69 Å². The summed E-state index contributed by atoms with van der Waals surface area (Å²) in [6, 6.07) is 20.4. The van der Waals surface area contributed by atoms with Gasteiger partial charge < -0.3 is 9.47 Å². The zero-order valence-electron chi connectivity index (χ0n) is 19.1. The number of imide groups is 1. The van der Waals surface area contributed by atoms with E-state index in [9.17, 15) is 19.2 Å². The van der Waals surface area contributed by atoms with Gasteiger partial charge in [-0.25, -0.2) is 4.90 Å². The zero-order valence-corrected chi connectivity index (χ0v) is 19.1. The quantitative estimate of drug-likeness (QED) is 0.431. The fourth-order valence-corrected chi connectivity index (χ4v) is 5.58. The number of ketones is 2. The van der Waals surface area contributed by atoms with Gasteiger partial charge in [0.15, 0.2) is 0 Å². The van der Waals surface area contributed by atoms with Crippen molar-refractivity contribution >= 4 is 29.1 Å². The third-order valence-electron chi connectivity index (χ3n) is 7.24. The first-order valence-electron chi connectivity index (χ1n) is 11.3. The Labute approximate surface area is 201 Å². The molecule has 2 saturated heterocycles. The first kappa shape index (κ1) is 21.4. The average molecular weight is 467 g/mol. The van der Waals surface area contributed by atoms with Gasteiger partial charge in [0.05, 0.1) is 30.7 Å². The topological polar surface area (TPSA) is 90.0 Å². The maximum atomic E-state index is 13.9. The molecule has 1 aliphatic carbocycles. The third-order valence-corrected chi connectivity index (χ3v) is 7.24. The summed E-state index contributed by atoms with van der Waals surface area (Å²) in [6.07, 6.45) is -0.935. The molecule has 174 valence electrons. The van der Waals surface area contributed by atoms with Gasteiger partial charge in [-0.05, 0) is 24.6 Å².